The molecule has 3 N–H and O–H groups in total. The lowest BCUT2D eigenvalue weighted by Crippen LogP contribution is -2.09. The van der Waals surface area contributed by atoms with Crippen molar-refractivity contribution in [3.63, 3.8) is 0 Å². The van der Waals surface area contributed by atoms with Crippen LogP contribution in [-0.2, 0) is 0 Å². The Morgan fingerprint density at radius 1 is 0.810 bits per heavy atom. The summed E-state index contributed by atoms with van der Waals surface area (Å²) in [5.74, 6) is -4.01. The first kappa shape index (κ1) is 14.1. The van der Waals surface area contributed by atoms with Crippen molar-refractivity contribution in [2.75, 3.05) is 0 Å². The Labute approximate surface area is 117 Å². The molecular weight excluding hydrogens is 280 g/mol. The summed E-state index contributed by atoms with van der Waals surface area (Å²) in [5, 5.41) is 26.8. The number of aromatic nitrogens is 2. The molecule has 0 radical (unpaired) electrons. The van der Waals surface area contributed by atoms with E-state index in [1.165, 1.54) is 18.3 Å². The number of carboxylic acid groups (broad SMARTS) is 3. The van der Waals surface area contributed by atoms with Crippen LogP contribution < -0.4 is 0 Å². The van der Waals surface area contributed by atoms with Gasteiger partial charge in [0.05, 0.1) is 28.1 Å². The van der Waals surface area contributed by atoms with Crippen molar-refractivity contribution in [3.05, 3.63) is 47.3 Å². The van der Waals surface area contributed by atoms with Crippen molar-refractivity contribution < 1.29 is 29.7 Å². The summed E-state index contributed by atoms with van der Waals surface area (Å²) in [5.41, 5.74) is -0.744. The molecule has 0 fully saturated rings. The maximum atomic E-state index is 11.1. The third kappa shape index (κ3) is 2.84. The molecule has 0 saturated carbocycles. The molecule has 2 aromatic rings. The number of pyridine rings is 2. The van der Waals surface area contributed by atoms with E-state index in [0.717, 1.165) is 12.3 Å². The first-order valence-corrected chi connectivity index (χ1v) is 5.56. The van der Waals surface area contributed by atoms with Gasteiger partial charge in [-0.3, -0.25) is 9.97 Å². The molecule has 8 nitrogen and oxygen atoms in total. The van der Waals surface area contributed by atoms with Crippen molar-refractivity contribution in [3.8, 4) is 11.4 Å². The fourth-order valence-corrected chi connectivity index (χ4v) is 1.65. The molecule has 0 saturated heterocycles. The van der Waals surface area contributed by atoms with Crippen LogP contribution in [0.2, 0.25) is 0 Å². The molecule has 0 spiro atoms. The van der Waals surface area contributed by atoms with Crippen LogP contribution in [0.15, 0.2) is 30.6 Å². The van der Waals surface area contributed by atoms with E-state index in [4.69, 9.17) is 15.3 Å². The summed E-state index contributed by atoms with van der Waals surface area (Å²) in [4.78, 5) is 40.6. The zero-order chi connectivity index (χ0) is 15.6. The molecular formula is C13H8N2O6. The second-order valence-electron chi connectivity index (χ2n) is 3.96. The maximum Gasteiger partial charge on any atom is 0.338 e. The summed E-state index contributed by atoms with van der Waals surface area (Å²) in [6.07, 6.45) is 2.14. The SMILES string of the molecule is O=C(O)c1ccnc(-c2cc(C(=O)O)c(C(=O)O)cn2)c1. The highest BCUT2D eigenvalue weighted by molar-refractivity contribution is 6.02. The molecule has 2 rings (SSSR count). The number of hydrogen-bond acceptors (Lipinski definition) is 5. The van der Waals surface area contributed by atoms with Crippen LogP contribution in [0.4, 0.5) is 0 Å². The zero-order valence-electron chi connectivity index (χ0n) is 10.3. The molecule has 0 unspecified atom stereocenters. The minimum Gasteiger partial charge on any atom is -0.478 e. The van der Waals surface area contributed by atoms with Crippen molar-refractivity contribution >= 4 is 17.9 Å². The number of rotatable bonds is 4. The second kappa shape index (κ2) is 5.37. The molecule has 8 heteroatoms. The van der Waals surface area contributed by atoms with Crippen molar-refractivity contribution in [1.82, 2.24) is 9.97 Å². The van der Waals surface area contributed by atoms with Crippen LogP contribution in [0, 0.1) is 0 Å². The molecule has 0 aliphatic heterocycles. The summed E-state index contributed by atoms with van der Waals surface area (Å²) in [6, 6.07) is 3.53. The Bertz CT molecular complexity index is 756. The molecule has 106 valence electrons. The molecule has 2 aromatic heterocycles. The number of carbonyl (C=O) groups is 3. The van der Waals surface area contributed by atoms with Crippen molar-refractivity contribution in [2.45, 2.75) is 0 Å². The van der Waals surface area contributed by atoms with Gasteiger partial charge >= 0.3 is 17.9 Å². The molecule has 0 aliphatic rings. The van der Waals surface area contributed by atoms with E-state index >= 15 is 0 Å². The van der Waals surface area contributed by atoms with Gasteiger partial charge in [-0.2, -0.15) is 0 Å². The average molecular weight is 288 g/mol. The average Bonchev–Trinajstić information content (AvgIpc) is 2.46. The third-order valence-corrected chi connectivity index (χ3v) is 2.63. The van der Waals surface area contributed by atoms with Gasteiger partial charge in [0.1, 0.15) is 0 Å². The molecule has 0 amide bonds. The highest BCUT2D eigenvalue weighted by Crippen LogP contribution is 2.19. The van der Waals surface area contributed by atoms with Crippen LogP contribution in [0.5, 0.6) is 0 Å². The Morgan fingerprint density at radius 2 is 1.43 bits per heavy atom. The van der Waals surface area contributed by atoms with Gasteiger partial charge in [0.2, 0.25) is 0 Å². The molecule has 0 aliphatic carbocycles. The first-order valence-electron chi connectivity index (χ1n) is 5.56. The summed E-state index contributed by atoms with van der Waals surface area (Å²) >= 11 is 0. The van der Waals surface area contributed by atoms with Gasteiger partial charge in [0.15, 0.2) is 0 Å². The van der Waals surface area contributed by atoms with E-state index < -0.39 is 29.0 Å². The minimum absolute atomic E-state index is 0.0408. The zero-order valence-corrected chi connectivity index (χ0v) is 10.3. The first-order chi connectivity index (χ1) is 9.90. The normalized spacial score (nSPS) is 10.1. The summed E-state index contributed by atoms with van der Waals surface area (Å²) in [6.45, 7) is 0. The van der Waals surface area contributed by atoms with Gasteiger partial charge in [-0.1, -0.05) is 0 Å². The molecule has 2 heterocycles. The molecule has 0 atom stereocenters. The summed E-state index contributed by atoms with van der Waals surface area (Å²) < 4.78 is 0. The van der Waals surface area contributed by atoms with Gasteiger partial charge in [-0.25, -0.2) is 14.4 Å². The Morgan fingerprint density at radius 3 is 2.00 bits per heavy atom. The fourth-order valence-electron chi connectivity index (χ4n) is 1.65. The standard InChI is InChI=1S/C13H8N2O6/c16-11(17)6-1-2-14-9(3-6)10-4-7(12(18)19)8(5-15-10)13(20)21/h1-5H,(H,16,17)(H,18,19)(H,20,21). The van der Waals surface area contributed by atoms with Crippen LogP contribution in [0.3, 0.4) is 0 Å². The fraction of sp³-hybridized carbons (Fsp3) is 0. The lowest BCUT2D eigenvalue weighted by molar-refractivity contribution is 0.0651. The van der Waals surface area contributed by atoms with Gasteiger partial charge < -0.3 is 15.3 Å². The minimum atomic E-state index is -1.43. The van der Waals surface area contributed by atoms with E-state index in [-0.39, 0.29) is 17.0 Å². The highest BCUT2D eigenvalue weighted by Gasteiger charge is 2.18. The van der Waals surface area contributed by atoms with E-state index in [0.29, 0.717) is 0 Å². The van der Waals surface area contributed by atoms with Crippen LogP contribution >= 0.6 is 0 Å². The Kier molecular flexibility index (Phi) is 3.61. The molecule has 0 aromatic carbocycles. The van der Waals surface area contributed by atoms with Gasteiger partial charge in [0, 0.05) is 12.4 Å². The monoisotopic (exact) mass is 288 g/mol. The van der Waals surface area contributed by atoms with Crippen molar-refractivity contribution in [2.24, 2.45) is 0 Å². The quantitative estimate of drug-likeness (QED) is 0.763. The number of aromatic carboxylic acids is 3. The maximum absolute atomic E-state index is 11.1. The van der Waals surface area contributed by atoms with Gasteiger partial charge in [-0.05, 0) is 18.2 Å². The lowest BCUT2D eigenvalue weighted by atomic mass is 10.1. The Hall–Kier alpha value is -3.29. The lowest BCUT2D eigenvalue weighted by Gasteiger charge is -2.05. The Balaban J connectivity index is 2.58. The smallest absolute Gasteiger partial charge is 0.338 e. The third-order valence-electron chi connectivity index (χ3n) is 2.63. The van der Waals surface area contributed by atoms with E-state index in [1.807, 2.05) is 0 Å². The largest absolute Gasteiger partial charge is 0.478 e. The predicted octanol–water partition coefficient (Wildman–Crippen LogP) is 1.24. The topological polar surface area (TPSA) is 138 Å². The second-order valence-corrected chi connectivity index (χ2v) is 3.96. The van der Waals surface area contributed by atoms with Gasteiger partial charge in [-0.15, -0.1) is 0 Å². The number of nitrogens with zero attached hydrogens (tertiary/aromatic N) is 2. The van der Waals surface area contributed by atoms with Crippen molar-refractivity contribution in [1.29, 1.82) is 0 Å². The van der Waals surface area contributed by atoms with E-state index in [2.05, 4.69) is 9.97 Å². The predicted molar refractivity (Wildman–Crippen MR) is 68.3 cm³/mol. The highest BCUT2D eigenvalue weighted by atomic mass is 16.4. The van der Waals surface area contributed by atoms with Crippen LogP contribution in [-0.4, -0.2) is 43.2 Å². The van der Waals surface area contributed by atoms with E-state index in [9.17, 15) is 14.4 Å². The summed E-state index contributed by atoms with van der Waals surface area (Å²) in [7, 11) is 0. The van der Waals surface area contributed by atoms with Crippen LogP contribution in [0.1, 0.15) is 31.1 Å². The molecule has 0 bridgehead atoms. The van der Waals surface area contributed by atoms with Gasteiger partial charge in [0.25, 0.3) is 0 Å². The number of hydrogen-bond donors (Lipinski definition) is 3. The number of carboxylic acids is 3. The van der Waals surface area contributed by atoms with Crippen LogP contribution in [0.25, 0.3) is 11.4 Å². The van der Waals surface area contributed by atoms with E-state index in [1.54, 1.807) is 0 Å². The molecule has 21 heavy (non-hydrogen) atoms.